The van der Waals surface area contributed by atoms with Crippen LogP contribution in [0.3, 0.4) is 0 Å². The number of carboxylic acid groups (broad SMARTS) is 1. The molecular formula is C8H11N3O3. The molecule has 2 atom stereocenters. The Labute approximate surface area is 80.2 Å². The molecule has 0 fully saturated rings. The van der Waals surface area contributed by atoms with Gasteiger partial charge in [0.2, 0.25) is 5.91 Å². The third kappa shape index (κ3) is 1.52. The Hall–Kier alpha value is -1.66. The van der Waals surface area contributed by atoms with Crippen molar-refractivity contribution in [3.8, 4) is 0 Å². The molecule has 6 nitrogen and oxygen atoms in total. The number of allylic oxidation sites excluding steroid dienone is 2. The summed E-state index contributed by atoms with van der Waals surface area (Å²) in [6.07, 6.45) is 5.69. The van der Waals surface area contributed by atoms with Gasteiger partial charge in [0.25, 0.3) is 0 Å². The minimum atomic E-state index is -1.72. The van der Waals surface area contributed by atoms with E-state index in [1.165, 1.54) is 18.2 Å². The molecule has 1 aliphatic rings. The lowest BCUT2D eigenvalue weighted by molar-refractivity contribution is -0.145. The summed E-state index contributed by atoms with van der Waals surface area (Å²) >= 11 is 0. The first-order chi connectivity index (χ1) is 6.52. The number of carbonyl (C=O) groups excluding carboxylic acids is 1. The fraction of sp³-hybridized carbons (Fsp3) is 0.250. The van der Waals surface area contributed by atoms with Crippen LogP contribution in [0, 0.1) is 5.92 Å². The SMILES string of the molecule is NNC(=O)C1C=CC=CC1(N)C(=O)O. The fourth-order valence-electron chi connectivity index (χ4n) is 1.25. The molecule has 1 aliphatic carbocycles. The van der Waals surface area contributed by atoms with E-state index < -0.39 is 23.3 Å². The molecule has 1 rings (SSSR count). The number of amides is 1. The molecule has 0 bridgehead atoms. The van der Waals surface area contributed by atoms with Crippen LogP contribution in [0.5, 0.6) is 0 Å². The summed E-state index contributed by atoms with van der Waals surface area (Å²) in [5, 5.41) is 8.88. The molecule has 0 aromatic rings. The Morgan fingerprint density at radius 1 is 1.43 bits per heavy atom. The van der Waals surface area contributed by atoms with Gasteiger partial charge in [-0.25, -0.2) is 10.6 Å². The van der Waals surface area contributed by atoms with Gasteiger partial charge >= 0.3 is 5.97 Å². The average molecular weight is 197 g/mol. The minimum absolute atomic E-state index is 0.629. The quantitative estimate of drug-likeness (QED) is 0.244. The molecule has 14 heavy (non-hydrogen) atoms. The largest absolute Gasteiger partial charge is 0.480 e. The highest BCUT2D eigenvalue weighted by Gasteiger charge is 2.43. The first-order valence-electron chi connectivity index (χ1n) is 3.91. The van der Waals surface area contributed by atoms with Gasteiger partial charge in [0, 0.05) is 0 Å². The van der Waals surface area contributed by atoms with Gasteiger partial charge < -0.3 is 10.8 Å². The summed E-state index contributed by atoms with van der Waals surface area (Å²) in [7, 11) is 0. The molecule has 0 saturated heterocycles. The van der Waals surface area contributed by atoms with Crippen LogP contribution < -0.4 is 17.0 Å². The van der Waals surface area contributed by atoms with Crippen molar-refractivity contribution >= 4 is 11.9 Å². The summed E-state index contributed by atoms with van der Waals surface area (Å²) in [6, 6.07) is 0. The van der Waals surface area contributed by atoms with Crippen molar-refractivity contribution in [1.29, 1.82) is 0 Å². The van der Waals surface area contributed by atoms with Crippen molar-refractivity contribution in [2.75, 3.05) is 0 Å². The van der Waals surface area contributed by atoms with Crippen LogP contribution in [-0.2, 0) is 9.59 Å². The van der Waals surface area contributed by atoms with E-state index in [2.05, 4.69) is 0 Å². The van der Waals surface area contributed by atoms with Gasteiger partial charge in [0.05, 0.1) is 5.92 Å². The normalized spacial score (nSPS) is 30.0. The van der Waals surface area contributed by atoms with Crippen LogP contribution in [0.4, 0.5) is 0 Å². The van der Waals surface area contributed by atoms with Crippen LogP contribution in [0.25, 0.3) is 0 Å². The van der Waals surface area contributed by atoms with Gasteiger partial charge in [0.15, 0.2) is 0 Å². The second-order valence-corrected chi connectivity index (χ2v) is 2.97. The summed E-state index contributed by atoms with van der Waals surface area (Å²) in [4.78, 5) is 22.1. The topological polar surface area (TPSA) is 118 Å². The maximum absolute atomic E-state index is 11.2. The maximum Gasteiger partial charge on any atom is 0.328 e. The summed E-state index contributed by atoms with van der Waals surface area (Å²) in [6.45, 7) is 0. The molecule has 0 heterocycles. The molecule has 6 heteroatoms. The number of hydrazine groups is 1. The Kier molecular flexibility index (Phi) is 2.68. The number of rotatable bonds is 2. The number of hydrogen-bond donors (Lipinski definition) is 4. The molecule has 2 unspecified atom stereocenters. The Balaban J connectivity index is 3.04. The van der Waals surface area contributed by atoms with E-state index in [4.69, 9.17) is 16.7 Å². The first-order valence-corrected chi connectivity index (χ1v) is 3.91. The highest BCUT2D eigenvalue weighted by Crippen LogP contribution is 2.22. The number of hydrogen-bond acceptors (Lipinski definition) is 4. The summed E-state index contributed by atoms with van der Waals surface area (Å²) in [5.41, 5.74) is 5.72. The molecule has 0 saturated carbocycles. The highest BCUT2D eigenvalue weighted by atomic mass is 16.4. The van der Waals surface area contributed by atoms with Crippen LogP contribution in [-0.4, -0.2) is 22.5 Å². The Morgan fingerprint density at radius 2 is 2.07 bits per heavy atom. The lowest BCUT2D eigenvalue weighted by Crippen LogP contribution is -2.58. The highest BCUT2D eigenvalue weighted by molar-refractivity contribution is 5.93. The third-order valence-corrected chi connectivity index (χ3v) is 2.10. The van der Waals surface area contributed by atoms with Gasteiger partial charge in [-0.3, -0.25) is 10.2 Å². The second kappa shape index (κ2) is 3.60. The molecule has 76 valence electrons. The molecule has 0 radical (unpaired) electrons. The van der Waals surface area contributed by atoms with Crippen molar-refractivity contribution in [3.05, 3.63) is 24.3 Å². The minimum Gasteiger partial charge on any atom is -0.480 e. The van der Waals surface area contributed by atoms with Crippen molar-refractivity contribution in [2.45, 2.75) is 5.54 Å². The van der Waals surface area contributed by atoms with Crippen LogP contribution in [0.15, 0.2) is 24.3 Å². The Morgan fingerprint density at radius 3 is 2.57 bits per heavy atom. The van der Waals surface area contributed by atoms with E-state index in [0.717, 1.165) is 0 Å². The standard InChI is InChI=1S/C8H11N3O3/c9-8(7(13)14)4-2-1-3-5(8)6(12)11-10/h1-5H,9-10H2,(H,11,12)(H,13,14). The third-order valence-electron chi connectivity index (χ3n) is 2.10. The predicted molar refractivity (Wildman–Crippen MR) is 48.7 cm³/mol. The van der Waals surface area contributed by atoms with E-state index in [9.17, 15) is 9.59 Å². The van der Waals surface area contributed by atoms with E-state index in [1.54, 1.807) is 6.08 Å². The molecule has 0 aromatic carbocycles. The van der Waals surface area contributed by atoms with Crippen molar-refractivity contribution in [2.24, 2.45) is 17.5 Å². The van der Waals surface area contributed by atoms with Crippen LogP contribution in [0.2, 0.25) is 0 Å². The monoisotopic (exact) mass is 197 g/mol. The number of carboxylic acids is 1. The molecule has 6 N–H and O–H groups in total. The van der Waals surface area contributed by atoms with Gasteiger partial charge in [-0.05, 0) is 0 Å². The average Bonchev–Trinajstić information content (AvgIpc) is 2.17. The lowest BCUT2D eigenvalue weighted by Gasteiger charge is -2.28. The smallest absolute Gasteiger partial charge is 0.328 e. The molecule has 0 aliphatic heterocycles. The van der Waals surface area contributed by atoms with Crippen LogP contribution in [0.1, 0.15) is 0 Å². The number of nitrogens with two attached hydrogens (primary N) is 2. The molecule has 0 aromatic heterocycles. The first kappa shape index (κ1) is 10.4. The fourth-order valence-corrected chi connectivity index (χ4v) is 1.25. The number of carbonyl (C=O) groups is 2. The van der Waals surface area contributed by atoms with Crippen molar-refractivity contribution in [3.63, 3.8) is 0 Å². The van der Waals surface area contributed by atoms with E-state index in [-0.39, 0.29) is 0 Å². The zero-order chi connectivity index (χ0) is 10.8. The predicted octanol–water partition coefficient (Wildman–Crippen LogP) is -1.50. The molecule has 1 amide bonds. The van der Waals surface area contributed by atoms with Crippen LogP contribution >= 0.6 is 0 Å². The van der Waals surface area contributed by atoms with Gasteiger partial charge in [-0.2, -0.15) is 0 Å². The van der Waals surface area contributed by atoms with Crippen molar-refractivity contribution in [1.82, 2.24) is 5.43 Å². The summed E-state index contributed by atoms with van der Waals surface area (Å²) in [5.74, 6) is 2.03. The zero-order valence-electron chi connectivity index (χ0n) is 7.31. The zero-order valence-corrected chi connectivity index (χ0v) is 7.31. The van der Waals surface area contributed by atoms with E-state index >= 15 is 0 Å². The lowest BCUT2D eigenvalue weighted by atomic mass is 9.81. The van der Waals surface area contributed by atoms with Crippen molar-refractivity contribution < 1.29 is 14.7 Å². The maximum atomic E-state index is 11.2. The number of nitrogens with one attached hydrogen (secondary N) is 1. The number of aliphatic carboxylic acids is 1. The van der Waals surface area contributed by atoms with Gasteiger partial charge in [0.1, 0.15) is 5.54 Å². The van der Waals surface area contributed by atoms with E-state index in [1.807, 2.05) is 5.43 Å². The molecule has 0 spiro atoms. The summed E-state index contributed by atoms with van der Waals surface area (Å²) < 4.78 is 0. The van der Waals surface area contributed by atoms with E-state index in [0.29, 0.717) is 0 Å². The van der Waals surface area contributed by atoms with Gasteiger partial charge in [-0.15, -0.1) is 0 Å². The second-order valence-electron chi connectivity index (χ2n) is 2.97. The molecular weight excluding hydrogens is 186 g/mol. The van der Waals surface area contributed by atoms with Gasteiger partial charge in [-0.1, -0.05) is 24.3 Å². The Bertz CT molecular complexity index is 324.